The van der Waals surface area contributed by atoms with Gasteiger partial charge in [-0.3, -0.25) is 8.37 Å². The Balaban J connectivity index is 1.83. The molecule has 0 aliphatic heterocycles. The summed E-state index contributed by atoms with van der Waals surface area (Å²) >= 11 is 0. The van der Waals surface area contributed by atoms with Crippen molar-refractivity contribution in [2.45, 2.75) is 11.8 Å². The minimum absolute atomic E-state index is 0.0134. The summed E-state index contributed by atoms with van der Waals surface area (Å²) in [6.45, 7) is -0.0269. The molecule has 2 aromatic rings. The lowest BCUT2D eigenvalue weighted by atomic mass is 9.54. The van der Waals surface area contributed by atoms with Crippen molar-refractivity contribution in [1.29, 1.82) is 0 Å². The van der Waals surface area contributed by atoms with E-state index in [2.05, 4.69) is 24.3 Å². The van der Waals surface area contributed by atoms with Gasteiger partial charge in [0.25, 0.3) is 20.2 Å². The fourth-order valence-electron chi connectivity index (χ4n) is 4.75. The van der Waals surface area contributed by atoms with Crippen molar-refractivity contribution in [3.63, 3.8) is 0 Å². The first-order valence-corrected chi connectivity index (χ1v) is 12.7. The number of rotatable bonds is 6. The highest BCUT2D eigenvalue weighted by atomic mass is 32.2. The largest absolute Gasteiger partial charge is 0.270 e. The molecule has 3 aliphatic carbocycles. The normalized spacial score (nSPS) is 25.9. The molecule has 0 saturated carbocycles. The van der Waals surface area contributed by atoms with Crippen LogP contribution in [0.3, 0.4) is 0 Å². The van der Waals surface area contributed by atoms with E-state index in [1.807, 2.05) is 24.3 Å². The SMILES string of the molecule is CS(=O)(=O)OC[C@@H]1C2c3ccccc3C(c3ccccc32)[C@@H]1COS(C)(=O)=O. The van der Waals surface area contributed by atoms with Crippen LogP contribution in [0.15, 0.2) is 48.5 Å². The first kappa shape index (κ1) is 19.6. The molecule has 0 unspecified atom stereocenters. The lowest BCUT2D eigenvalue weighted by Gasteiger charge is -2.50. The van der Waals surface area contributed by atoms with Gasteiger partial charge >= 0.3 is 0 Å². The van der Waals surface area contributed by atoms with Crippen LogP contribution in [0.4, 0.5) is 0 Å². The minimum Gasteiger partial charge on any atom is -0.270 e. The topological polar surface area (TPSA) is 86.7 Å². The molecular weight excluding hydrogens is 400 g/mol. The number of fused-ring (bicyclic) bond motifs is 1. The third kappa shape index (κ3) is 3.61. The molecule has 0 radical (unpaired) electrons. The van der Waals surface area contributed by atoms with Gasteiger partial charge in [-0.25, -0.2) is 0 Å². The number of hydrogen-bond acceptors (Lipinski definition) is 6. The van der Waals surface area contributed by atoms with Gasteiger partial charge in [-0.05, 0) is 22.3 Å². The van der Waals surface area contributed by atoms with Crippen molar-refractivity contribution in [1.82, 2.24) is 0 Å². The molecule has 5 rings (SSSR count). The predicted molar refractivity (Wildman–Crippen MR) is 105 cm³/mol. The molecule has 6 nitrogen and oxygen atoms in total. The average molecular weight is 423 g/mol. The van der Waals surface area contributed by atoms with Gasteiger partial charge < -0.3 is 0 Å². The van der Waals surface area contributed by atoms with Crippen LogP contribution in [0.5, 0.6) is 0 Å². The van der Waals surface area contributed by atoms with E-state index in [0.29, 0.717) is 0 Å². The van der Waals surface area contributed by atoms with Crippen LogP contribution in [0.25, 0.3) is 0 Å². The summed E-state index contributed by atoms with van der Waals surface area (Å²) in [4.78, 5) is 0. The van der Waals surface area contributed by atoms with Crippen LogP contribution >= 0.6 is 0 Å². The van der Waals surface area contributed by atoms with E-state index >= 15 is 0 Å². The molecule has 0 N–H and O–H groups in total. The molecule has 0 saturated heterocycles. The van der Waals surface area contributed by atoms with E-state index in [1.54, 1.807) is 0 Å². The molecule has 0 fully saturated rings. The van der Waals surface area contributed by atoms with Gasteiger partial charge in [0.15, 0.2) is 0 Å². The summed E-state index contributed by atoms with van der Waals surface area (Å²) in [5.41, 5.74) is 4.57. The zero-order valence-electron chi connectivity index (χ0n) is 15.6. The number of hydrogen-bond donors (Lipinski definition) is 0. The molecule has 0 heterocycles. The molecule has 8 heteroatoms. The van der Waals surface area contributed by atoms with E-state index < -0.39 is 20.2 Å². The Bertz CT molecular complexity index is 972. The van der Waals surface area contributed by atoms with Crippen LogP contribution in [0, 0.1) is 11.8 Å². The minimum atomic E-state index is -3.62. The van der Waals surface area contributed by atoms with Gasteiger partial charge in [0.05, 0.1) is 25.7 Å². The van der Waals surface area contributed by atoms with Crippen molar-refractivity contribution >= 4 is 20.2 Å². The molecule has 2 bridgehead atoms. The van der Waals surface area contributed by atoms with Crippen molar-refractivity contribution in [3.8, 4) is 0 Å². The summed E-state index contributed by atoms with van der Waals surface area (Å²) < 4.78 is 56.9. The lowest BCUT2D eigenvalue weighted by Crippen LogP contribution is -2.44. The van der Waals surface area contributed by atoms with E-state index in [9.17, 15) is 16.8 Å². The van der Waals surface area contributed by atoms with Gasteiger partial charge in [-0.1, -0.05) is 48.5 Å². The second-order valence-corrected chi connectivity index (χ2v) is 10.8. The van der Waals surface area contributed by atoms with Gasteiger partial charge in [-0.15, -0.1) is 0 Å². The molecule has 28 heavy (non-hydrogen) atoms. The summed E-state index contributed by atoms with van der Waals surface area (Å²) in [5, 5.41) is 0. The highest BCUT2D eigenvalue weighted by molar-refractivity contribution is 7.86. The van der Waals surface area contributed by atoms with Crippen molar-refractivity contribution in [2.75, 3.05) is 25.7 Å². The van der Waals surface area contributed by atoms with E-state index in [1.165, 1.54) is 0 Å². The summed E-state index contributed by atoms with van der Waals surface area (Å²) in [5.74, 6) is -0.586. The highest BCUT2D eigenvalue weighted by Gasteiger charge is 2.50. The Morgan fingerprint density at radius 3 is 1.18 bits per heavy atom. The monoisotopic (exact) mass is 422 g/mol. The summed E-state index contributed by atoms with van der Waals surface area (Å²) in [7, 11) is -7.24. The van der Waals surface area contributed by atoms with Gasteiger partial charge in [0.1, 0.15) is 0 Å². The molecule has 2 aromatic carbocycles. The van der Waals surface area contributed by atoms with Gasteiger partial charge in [0.2, 0.25) is 0 Å². The smallest absolute Gasteiger partial charge is 0.264 e. The van der Waals surface area contributed by atoms with Crippen LogP contribution in [0.1, 0.15) is 34.1 Å². The molecule has 0 amide bonds. The Hall–Kier alpha value is -1.74. The van der Waals surface area contributed by atoms with Crippen LogP contribution in [-0.4, -0.2) is 42.6 Å². The Morgan fingerprint density at radius 1 is 0.643 bits per heavy atom. The van der Waals surface area contributed by atoms with E-state index in [-0.39, 0.29) is 36.9 Å². The molecule has 150 valence electrons. The zero-order valence-corrected chi connectivity index (χ0v) is 17.2. The molecule has 2 atom stereocenters. The third-order valence-electron chi connectivity index (χ3n) is 5.69. The van der Waals surface area contributed by atoms with Crippen molar-refractivity contribution in [3.05, 3.63) is 70.8 Å². The first-order valence-electron chi connectivity index (χ1n) is 9.02. The Kier molecular flexibility index (Phi) is 4.86. The maximum absolute atomic E-state index is 11.6. The lowest BCUT2D eigenvalue weighted by molar-refractivity contribution is 0.104. The molecule has 3 aliphatic rings. The predicted octanol–water partition coefficient (Wildman–Crippen LogP) is 2.46. The molecule has 0 spiro atoms. The van der Waals surface area contributed by atoms with Crippen LogP contribution < -0.4 is 0 Å². The maximum Gasteiger partial charge on any atom is 0.264 e. The quantitative estimate of drug-likeness (QED) is 0.665. The zero-order chi connectivity index (χ0) is 20.1. The Labute approximate surface area is 165 Å². The fourth-order valence-corrected chi connectivity index (χ4v) is 5.56. The maximum atomic E-state index is 11.6. The fraction of sp³-hybridized carbons (Fsp3) is 0.400. The van der Waals surface area contributed by atoms with E-state index in [0.717, 1.165) is 34.8 Å². The second-order valence-electron chi connectivity index (χ2n) is 7.52. The van der Waals surface area contributed by atoms with Crippen LogP contribution in [-0.2, 0) is 28.6 Å². The third-order valence-corrected chi connectivity index (χ3v) is 6.82. The van der Waals surface area contributed by atoms with Gasteiger partial charge in [-0.2, -0.15) is 16.8 Å². The first-order chi connectivity index (χ1) is 13.2. The summed E-state index contributed by atoms with van der Waals surface area (Å²) in [6, 6.07) is 16.1. The second kappa shape index (κ2) is 6.95. The molecular formula is C20H22O6S2. The van der Waals surface area contributed by atoms with Crippen molar-refractivity contribution < 1.29 is 25.2 Å². The van der Waals surface area contributed by atoms with Gasteiger partial charge in [0, 0.05) is 23.7 Å². The highest BCUT2D eigenvalue weighted by Crippen LogP contribution is 2.58. The van der Waals surface area contributed by atoms with Crippen molar-refractivity contribution in [2.24, 2.45) is 11.8 Å². The summed E-state index contributed by atoms with van der Waals surface area (Å²) in [6.07, 6.45) is 2.05. The van der Waals surface area contributed by atoms with Crippen LogP contribution in [0.2, 0.25) is 0 Å². The average Bonchev–Trinajstić information content (AvgIpc) is 2.63. The van der Waals surface area contributed by atoms with E-state index in [4.69, 9.17) is 8.37 Å². The molecule has 0 aromatic heterocycles. The standard InChI is InChI=1S/C20H22O6S2/c1-27(21,22)25-11-17-18(12-26-28(2,23)24)20-15-9-5-3-7-13(15)19(17)14-8-4-6-10-16(14)20/h3-10,17-20H,11-12H2,1-2H3/t17-,18+,19?,20?. The number of benzene rings is 2. The Morgan fingerprint density at radius 2 is 0.929 bits per heavy atom.